The number of hydrogen-bond acceptors (Lipinski definition) is 7. The molecule has 168 valence electrons. The lowest BCUT2D eigenvalue weighted by Gasteiger charge is -2.15. The second-order valence-electron chi connectivity index (χ2n) is 6.85. The van der Waals surface area contributed by atoms with Crippen LogP contribution in [0.25, 0.3) is 6.08 Å². The summed E-state index contributed by atoms with van der Waals surface area (Å²) in [6.07, 6.45) is 2.01. The van der Waals surface area contributed by atoms with Crippen molar-refractivity contribution < 1.29 is 28.9 Å². The number of carboxylic acids is 1. The standard InChI is InChI=1S/C23H23NO6S2/c1-28-18-11-16(12-20-22(27)24(23(31)32-20)10-6-9-21(25)26)17(13-19(18)29-2)30-14-15-7-4-3-5-8-15/h3-5,7-8,11-13H,6,9-10,14H2,1-2H3,(H,25,26). The zero-order chi connectivity index (χ0) is 23.1. The van der Waals surface area contributed by atoms with E-state index in [2.05, 4.69) is 0 Å². The van der Waals surface area contributed by atoms with Crippen LogP contribution in [0.3, 0.4) is 0 Å². The number of carbonyl (C=O) groups excluding carboxylic acids is 1. The summed E-state index contributed by atoms with van der Waals surface area (Å²) >= 11 is 6.51. The van der Waals surface area contributed by atoms with Crippen LogP contribution in [0.1, 0.15) is 24.0 Å². The quantitative estimate of drug-likeness (QED) is 0.403. The van der Waals surface area contributed by atoms with Gasteiger partial charge in [-0.3, -0.25) is 14.5 Å². The summed E-state index contributed by atoms with van der Waals surface area (Å²) in [7, 11) is 3.08. The number of thiocarbonyl (C=S) groups is 1. The third kappa shape index (κ3) is 5.80. The van der Waals surface area contributed by atoms with Gasteiger partial charge in [0.25, 0.3) is 5.91 Å². The molecule has 1 heterocycles. The van der Waals surface area contributed by atoms with Crippen LogP contribution < -0.4 is 14.2 Å². The number of carbonyl (C=O) groups is 2. The lowest BCUT2D eigenvalue weighted by atomic mass is 10.1. The molecular formula is C23H23NO6S2. The highest BCUT2D eigenvalue weighted by molar-refractivity contribution is 8.26. The second-order valence-corrected chi connectivity index (χ2v) is 8.53. The van der Waals surface area contributed by atoms with Crippen LogP contribution in [0, 0.1) is 0 Å². The van der Waals surface area contributed by atoms with Crippen LogP contribution in [-0.2, 0) is 16.2 Å². The van der Waals surface area contributed by atoms with Gasteiger partial charge in [-0.2, -0.15) is 0 Å². The smallest absolute Gasteiger partial charge is 0.303 e. The van der Waals surface area contributed by atoms with Crippen molar-refractivity contribution in [2.75, 3.05) is 20.8 Å². The van der Waals surface area contributed by atoms with E-state index in [0.29, 0.717) is 45.1 Å². The molecule has 0 radical (unpaired) electrons. The Morgan fingerprint density at radius 2 is 1.81 bits per heavy atom. The van der Waals surface area contributed by atoms with Crippen molar-refractivity contribution >= 4 is 46.3 Å². The van der Waals surface area contributed by atoms with E-state index >= 15 is 0 Å². The maximum absolute atomic E-state index is 12.9. The van der Waals surface area contributed by atoms with Crippen molar-refractivity contribution in [2.24, 2.45) is 0 Å². The molecule has 7 nitrogen and oxygen atoms in total. The minimum atomic E-state index is -0.906. The van der Waals surface area contributed by atoms with Crippen molar-refractivity contribution in [2.45, 2.75) is 19.4 Å². The Balaban J connectivity index is 1.87. The molecule has 1 aliphatic rings. The summed E-state index contributed by atoms with van der Waals surface area (Å²) in [6, 6.07) is 13.2. The fourth-order valence-electron chi connectivity index (χ4n) is 3.07. The van der Waals surface area contributed by atoms with E-state index in [-0.39, 0.29) is 18.9 Å². The molecule has 1 N–H and O–H groups in total. The molecule has 0 spiro atoms. The molecule has 3 rings (SSSR count). The summed E-state index contributed by atoms with van der Waals surface area (Å²) in [4.78, 5) is 25.5. The minimum absolute atomic E-state index is 0.0245. The molecule has 0 aliphatic carbocycles. The number of nitrogens with zero attached hydrogens (tertiary/aromatic N) is 1. The first-order valence-electron chi connectivity index (χ1n) is 9.83. The highest BCUT2D eigenvalue weighted by atomic mass is 32.2. The Morgan fingerprint density at radius 1 is 1.12 bits per heavy atom. The monoisotopic (exact) mass is 473 g/mol. The molecule has 9 heteroatoms. The topological polar surface area (TPSA) is 85.3 Å². The SMILES string of the molecule is COc1cc(C=C2SC(=S)N(CCCC(=O)O)C2=O)c(OCc2ccccc2)cc1OC. The highest BCUT2D eigenvalue weighted by Gasteiger charge is 2.32. The molecule has 32 heavy (non-hydrogen) atoms. The van der Waals surface area contributed by atoms with Gasteiger partial charge in [-0.15, -0.1) is 0 Å². The molecule has 1 saturated heterocycles. The number of benzene rings is 2. The van der Waals surface area contributed by atoms with E-state index in [9.17, 15) is 9.59 Å². The van der Waals surface area contributed by atoms with Gasteiger partial charge in [-0.05, 0) is 24.1 Å². The van der Waals surface area contributed by atoms with Crippen molar-refractivity contribution in [3.63, 3.8) is 0 Å². The maximum atomic E-state index is 12.9. The molecule has 1 fully saturated rings. The number of hydrogen-bond donors (Lipinski definition) is 1. The second kappa shape index (κ2) is 11.0. The van der Waals surface area contributed by atoms with Crippen LogP contribution in [0.4, 0.5) is 0 Å². The van der Waals surface area contributed by atoms with Crippen LogP contribution in [-0.4, -0.2) is 47.0 Å². The average Bonchev–Trinajstić information content (AvgIpc) is 3.05. The fourth-order valence-corrected chi connectivity index (χ4v) is 4.37. The Morgan fingerprint density at radius 3 is 2.47 bits per heavy atom. The normalized spacial score (nSPS) is 14.7. The Kier molecular flexibility index (Phi) is 8.13. The van der Waals surface area contributed by atoms with Gasteiger partial charge in [-0.1, -0.05) is 54.3 Å². The van der Waals surface area contributed by atoms with Crippen LogP contribution in [0.2, 0.25) is 0 Å². The van der Waals surface area contributed by atoms with E-state index in [0.717, 1.165) is 5.56 Å². The summed E-state index contributed by atoms with van der Waals surface area (Å²) in [5.74, 6) is 0.380. The third-order valence-corrected chi connectivity index (χ3v) is 6.06. The highest BCUT2D eigenvalue weighted by Crippen LogP contribution is 2.39. The molecule has 0 atom stereocenters. The summed E-state index contributed by atoms with van der Waals surface area (Å²) in [5, 5.41) is 8.83. The first-order valence-corrected chi connectivity index (χ1v) is 11.0. The van der Waals surface area contributed by atoms with E-state index < -0.39 is 5.97 Å². The predicted octanol–water partition coefficient (Wildman–Crippen LogP) is 4.35. The first kappa shape index (κ1) is 23.6. The zero-order valence-corrected chi connectivity index (χ0v) is 19.3. The van der Waals surface area contributed by atoms with E-state index in [1.54, 1.807) is 25.3 Å². The number of amides is 1. The summed E-state index contributed by atoms with van der Waals surface area (Å²) < 4.78 is 17.3. The van der Waals surface area contributed by atoms with Gasteiger partial charge in [0.05, 0.1) is 19.1 Å². The first-order chi connectivity index (χ1) is 15.4. The molecular weight excluding hydrogens is 450 g/mol. The Bertz CT molecular complexity index is 1040. The molecule has 0 unspecified atom stereocenters. The van der Waals surface area contributed by atoms with Crippen LogP contribution in [0.5, 0.6) is 17.2 Å². The van der Waals surface area contributed by atoms with Gasteiger partial charge in [0, 0.05) is 24.6 Å². The summed E-state index contributed by atoms with van der Waals surface area (Å²) in [6.45, 7) is 0.602. The fraction of sp³-hybridized carbons (Fsp3) is 0.261. The van der Waals surface area contributed by atoms with Crippen molar-refractivity contribution in [3.8, 4) is 17.2 Å². The molecule has 2 aromatic carbocycles. The average molecular weight is 474 g/mol. The van der Waals surface area contributed by atoms with Gasteiger partial charge in [-0.25, -0.2) is 0 Å². The number of rotatable bonds is 10. The molecule has 0 aromatic heterocycles. The van der Waals surface area contributed by atoms with E-state index in [4.69, 9.17) is 31.5 Å². The van der Waals surface area contributed by atoms with E-state index in [1.807, 2.05) is 30.3 Å². The Hall–Kier alpha value is -3.04. The zero-order valence-electron chi connectivity index (χ0n) is 17.7. The Labute approximate surface area is 196 Å². The largest absolute Gasteiger partial charge is 0.493 e. The molecule has 0 saturated carbocycles. The lowest BCUT2D eigenvalue weighted by Crippen LogP contribution is -2.29. The minimum Gasteiger partial charge on any atom is -0.493 e. The number of thioether (sulfide) groups is 1. The maximum Gasteiger partial charge on any atom is 0.303 e. The van der Waals surface area contributed by atoms with Crippen LogP contribution >= 0.6 is 24.0 Å². The van der Waals surface area contributed by atoms with Gasteiger partial charge in [0.15, 0.2) is 11.5 Å². The van der Waals surface area contributed by atoms with Gasteiger partial charge in [0.2, 0.25) is 0 Å². The van der Waals surface area contributed by atoms with Crippen LogP contribution in [0.15, 0.2) is 47.4 Å². The molecule has 1 aliphatic heterocycles. The van der Waals surface area contributed by atoms with Crippen molar-refractivity contribution in [3.05, 3.63) is 58.5 Å². The van der Waals surface area contributed by atoms with Gasteiger partial charge in [0.1, 0.15) is 16.7 Å². The van der Waals surface area contributed by atoms with Gasteiger partial charge < -0.3 is 19.3 Å². The summed E-state index contributed by atoms with van der Waals surface area (Å²) in [5.41, 5.74) is 1.64. The molecule has 1 amide bonds. The number of carboxylic acid groups (broad SMARTS) is 1. The number of aliphatic carboxylic acids is 1. The molecule has 0 bridgehead atoms. The van der Waals surface area contributed by atoms with Gasteiger partial charge >= 0.3 is 5.97 Å². The van der Waals surface area contributed by atoms with Crippen molar-refractivity contribution in [1.82, 2.24) is 4.90 Å². The number of methoxy groups -OCH3 is 2. The van der Waals surface area contributed by atoms with E-state index in [1.165, 1.54) is 23.8 Å². The van der Waals surface area contributed by atoms with Crippen molar-refractivity contribution in [1.29, 1.82) is 0 Å². The number of ether oxygens (including phenoxy) is 3. The molecule has 2 aromatic rings. The predicted molar refractivity (Wildman–Crippen MR) is 127 cm³/mol. The lowest BCUT2D eigenvalue weighted by molar-refractivity contribution is -0.137. The third-order valence-electron chi connectivity index (χ3n) is 4.69.